The highest BCUT2D eigenvalue weighted by atomic mass is 16.4. The van der Waals surface area contributed by atoms with Crippen LogP contribution in [0.3, 0.4) is 0 Å². The first kappa shape index (κ1) is 12.5. The third kappa shape index (κ3) is 3.51. The highest BCUT2D eigenvalue weighted by molar-refractivity contribution is 5.64. The molecule has 1 saturated carbocycles. The summed E-state index contributed by atoms with van der Waals surface area (Å²) in [5.74, 6) is 0.271. The minimum atomic E-state index is -0.881. The largest absolute Gasteiger partial charge is 0.550 e. The molecule has 0 spiro atoms. The van der Waals surface area contributed by atoms with Crippen LogP contribution in [0.15, 0.2) is 0 Å². The first-order chi connectivity index (χ1) is 6.95. The van der Waals surface area contributed by atoms with Crippen LogP contribution in [0.5, 0.6) is 0 Å². The van der Waals surface area contributed by atoms with E-state index in [1.54, 1.807) is 0 Å². The number of aliphatic carboxylic acids is 1. The monoisotopic (exact) mass is 211 g/mol. The summed E-state index contributed by atoms with van der Waals surface area (Å²) in [7, 11) is 0. The molecule has 0 amide bonds. The van der Waals surface area contributed by atoms with Gasteiger partial charge in [0.05, 0.1) is 0 Å². The standard InChI is InChI=1S/C13H24O2/c1-4-13(2,3)11-7-5-10(6-8-11)9-12(14)15/h10-11H,4-9H2,1-3H3,(H,14,15)/p-1. The van der Waals surface area contributed by atoms with E-state index in [1.807, 2.05) is 0 Å². The molecular weight excluding hydrogens is 188 g/mol. The van der Waals surface area contributed by atoms with Gasteiger partial charge in [0.1, 0.15) is 0 Å². The van der Waals surface area contributed by atoms with Gasteiger partial charge in [-0.25, -0.2) is 0 Å². The summed E-state index contributed by atoms with van der Waals surface area (Å²) >= 11 is 0. The Labute approximate surface area is 93.1 Å². The molecular formula is C13H23O2-. The van der Waals surface area contributed by atoms with E-state index in [0.29, 0.717) is 11.3 Å². The first-order valence-corrected chi connectivity index (χ1v) is 6.15. The molecule has 0 atom stereocenters. The molecule has 88 valence electrons. The van der Waals surface area contributed by atoms with Crippen LogP contribution in [0.2, 0.25) is 0 Å². The van der Waals surface area contributed by atoms with Crippen molar-refractivity contribution in [2.75, 3.05) is 0 Å². The number of hydrogen-bond donors (Lipinski definition) is 0. The van der Waals surface area contributed by atoms with Crippen molar-refractivity contribution in [3.05, 3.63) is 0 Å². The van der Waals surface area contributed by atoms with E-state index in [-0.39, 0.29) is 6.42 Å². The van der Waals surface area contributed by atoms with Crippen LogP contribution in [0.4, 0.5) is 0 Å². The van der Waals surface area contributed by atoms with Gasteiger partial charge in [-0.05, 0) is 49.4 Å². The third-order valence-electron chi connectivity index (χ3n) is 4.32. The Bertz CT molecular complexity index is 213. The molecule has 1 aliphatic carbocycles. The van der Waals surface area contributed by atoms with Crippen LogP contribution in [-0.2, 0) is 4.79 Å². The van der Waals surface area contributed by atoms with E-state index in [4.69, 9.17) is 0 Å². The highest BCUT2D eigenvalue weighted by Gasteiger charge is 2.31. The molecule has 0 heterocycles. The van der Waals surface area contributed by atoms with Crippen molar-refractivity contribution in [2.45, 2.75) is 59.3 Å². The molecule has 1 aliphatic rings. The fraction of sp³-hybridized carbons (Fsp3) is 0.923. The Morgan fingerprint density at radius 2 is 1.80 bits per heavy atom. The molecule has 0 aromatic heterocycles. The lowest BCUT2D eigenvalue weighted by Crippen LogP contribution is -2.31. The molecule has 2 heteroatoms. The average Bonchev–Trinajstić information content (AvgIpc) is 2.18. The van der Waals surface area contributed by atoms with E-state index in [0.717, 1.165) is 18.8 Å². The molecule has 1 fully saturated rings. The van der Waals surface area contributed by atoms with Gasteiger partial charge in [0.2, 0.25) is 0 Å². The molecule has 0 aromatic carbocycles. The molecule has 0 aromatic rings. The number of carbonyl (C=O) groups is 1. The van der Waals surface area contributed by atoms with E-state index >= 15 is 0 Å². The summed E-state index contributed by atoms with van der Waals surface area (Å²) in [6, 6.07) is 0. The summed E-state index contributed by atoms with van der Waals surface area (Å²) in [5, 5.41) is 10.5. The zero-order chi connectivity index (χ0) is 11.5. The maximum Gasteiger partial charge on any atom is 0.0417 e. The van der Waals surface area contributed by atoms with Gasteiger partial charge in [-0.15, -0.1) is 0 Å². The van der Waals surface area contributed by atoms with Gasteiger partial charge in [-0.2, -0.15) is 0 Å². The lowest BCUT2D eigenvalue weighted by Gasteiger charge is -2.39. The van der Waals surface area contributed by atoms with Gasteiger partial charge in [-0.1, -0.05) is 27.2 Å². The highest BCUT2D eigenvalue weighted by Crippen LogP contribution is 2.42. The van der Waals surface area contributed by atoms with Gasteiger partial charge in [0.15, 0.2) is 0 Å². The van der Waals surface area contributed by atoms with E-state index in [1.165, 1.54) is 19.3 Å². The van der Waals surface area contributed by atoms with Crippen LogP contribution in [-0.4, -0.2) is 5.97 Å². The predicted molar refractivity (Wildman–Crippen MR) is 59.1 cm³/mol. The lowest BCUT2D eigenvalue weighted by atomic mass is 9.67. The number of carboxylic acid groups (broad SMARTS) is 1. The van der Waals surface area contributed by atoms with Gasteiger partial charge in [0.25, 0.3) is 0 Å². The smallest absolute Gasteiger partial charge is 0.0417 e. The Kier molecular flexibility index (Phi) is 4.18. The topological polar surface area (TPSA) is 40.1 Å². The zero-order valence-corrected chi connectivity index (χ0v) is 10.2. The van der Waals surface area contributed by atoms with Crippen molar-refractivity contribution in [1.29, 1.82) is 0 Å². The molecule has 0 bridgehead atoms. The fourth-order valence-corrected chi connectivity index (χ4v) is 2.67. The Morgan fingerprint density at radius 3 is 2.20 bits per heavy atom. The number of rotatable bonds is 4. The molecule has 0 unspecified atom stereocenters. The quantitative estimate of drug-likeness (QED) is 0.716. The SMILES string of the molecule is CCC(C)(C)C1CCC(CC(=O)[O-])CC1. The Morgan fingerprint density at radius 1 is 1.27 bits per heavy atom. The minimum absolute atomic E-state index is 0.263. The molecule has 0 saturated heterocycles. The van der Waals surface area contributed by atoms with Gasteiger partial charge in [-0.3, -0.25) is 0 Å². The van der Waals surface area contributed by atoms with Crippen molar-refractivity contribution < 1.29 is 9.90 Å². The van der Waals surface area contributed by atoms with Crippen molar-refractivity contribution >= 4 is 5.97 Å². The van der Waals surface area contributed by atoms with Crippen molar-refractivity contribution in [3.8, 4) is 0 Å². The molecule has 15 heavy (non-hydrogen) atoms. The van der Waals surface area contributed by atoms with Gasteiger partial charge in [0, 0.05) is 5.97 Å². The number of hydrogen-bond acceptors (Lipinski definition) is 2. The predicted octanol–water partition coefficient (Wildman–Crippen LogP) is 2.37. The van der Waals surface area contributed by atoms with Crippen molar-refractivity contribution in [2.24, 2.45) is 17.3 Å². The second-order valence-electron chi connectivity index (χ2n) is 5.64. The summed E-state index contributed by atoms with van der Waals surface area (Å²) in [4.78, 5) is 10.5. The Balaban J connectivity index is 2.39. The molecule has 2 nitrogen and oxygen atoms in total. The minimum Gasteiger partial charge on any atom is -0.550 e. The summed E-state index contributed by atoms with van der Waals surface area (Å²) in [6.07, 6.45) is 6.00. The summed E-state index contributed by atoms with van der Waals surface area (Å²) in [5.41, 5.74) is 0.423. The second kappa shape index (κ2) is 5.00. The van der Waals surface area contributed by atoms with E-state index in [2.05, 4.69) is 20.8 Å². The van der Waals surface area contributed by atoms with Crippen LogP contribution in [0.25, 0.3) is 0 Å². The molecule has 0 radical (unpaired) electrons. The van der Waals surface area contributed by atoms with Crippen LogP contribution >= 0.6 is 0 Å². The van der Waals surface area contributed by atoms with Crippen LogP contribution in [0, 0.1) is 17.3 Å². The first-order valence-electron chi connectivity index (χ1n) is 6.15. The average molecular weight is 211 g/mol. The fourth-order valence-electron chi connectivity index (χ4n) is 2.67. The van der Waals surface area contributed by atoms with E-state index in [9.17, 15) is 9.90 Å². The van der Waals surface area contributed by atoms with Gasteiger partial charge >= 0.3 is 0 Å². The maximum atomic E-state index is 10.5. The van der Waals surface area contributed by atoms with Crippen LogP contribution in [0.1, 0.15) is 59.3 Å². The molecule has 1 rings (SSSR count). The second-order valence-corrected chi connectivity index (χ2v) is 5.64. The molecule has 0 aliphatic heterocycles. The third-order valence-corrected chi connectivity index (χ3v) is 4.32. The number of carboxylic acids is 1. The van der Waals surface area contributed by atoms with Crippen molar-refractivity contribution in [3.63, 3.8) is 0 Å². The van der Waals surface area contributed by atoms with Crippen molar-refractivity contribution in [1.82, 2.24) is 0 Å². The number of carbonyl (C=O) groups excluding carboxylic acids is 1. The normalized spacial score (nSPS) is 27.7. The van der Waals surface area contributed by atoms with E-state index < -0.39 is 5.97 Å². The van der Waals surface area contributed by atoms with Gasteiger partial charge < -0.3 is 9.90 Å². The summed E-state index contributed by atoms with van der Waals surface area (Å²) < 4.78 is 0. The van der Waals surface area contributed by atoms with Crippen LogP contribution < -0.4 is 5.11 Å². The summed E-state index contributed by atoms with van der Waals surface area (Å²) in [6.45, 7) is 6.90. The molecule has 0 N–H and O–H groups in total. The lowest BCUT2D eigenvalue weighted by molar-refractivity contribution is -0.307. The zero-order valence-electron chi connectivity index (χ0n) is 10.2. The maximum absolute atomic E-state index is 10.5. The Hall–Kier alpha value is -0.530.